The second-order valence-corrected chi connectivity index (χ2v) is 3.42. The van der Waals surface area contributed by atoms with Crippen LogP contribution in [0.5, 0.6) is 0 Å². The zero-order valence-corrected chi connectivity index (χ0v) is 9.24. The van der Waals surface area contributed by atoms with Crippen LogP contribution in [0.1, 0.15) is 40.0 Å². The lowest BCUT2D eigenvalue weighted by Crippen LogP contribution is -2.49. The van der Waals surface area contributed by atoms with E-state index in [-0.39, 0.29) is 11.4 Å². The maximum absolute atomic E-state index is 11.4. The van der Waals surface area contributed by atoms with Gasteiger partial charge in [0.05, 0.1) is 6.54 Å². The molecular weight excluding hydrogens is 164 g/mol. The Bertz CT molecular complexity index is 145. The Morgan fingerprint density at radius 1 is 1.15 bits per heavy atom. The first-order valence-electron chi connectivity index (χ1n) is 5.09. The largest absolute Gasteiger partial charge is 0.350 e. The molecule has 0 aliphatic carbocycles. The lowest BCUT2D eigenvalue weighted by molar-refractivity contribution is -0.122. The Morgan fingerprint density at radius 3 is 1.92 bits per heavy atom. The molecule has 0 spiro atoms. The van der Waals surface area contributed by atoms with E-state index in [0.717, 1.165) is 19.3 Å². The van der Waals surface area contributed by atoms with Gasteiger partial charge in [-0.1, -0.05) is 20.8 Å². The Morgan fingerprint density at radius 2 is 1.62 bits per heavy atom. The lowest BCUT2D eigenvalue weighted by Gasteiger charge is -2.31. The number of nitrogens with one attached hydrogen (secondary N) is 2. The third-order valence-corrected chi connectivity index (χ3v) is 2.77. The van der Waals surface area contributed by atoms with E-state index in [1.165, 1.54) is 0 Å². The molecule has 0 fully saturated rings. The van der Waals surface area contributed by atoms with Gasteiger partial charge in [0.25, 0.3) is 0 Å². The molecule has 0 aliphatic rings. The molecule has 0 heterocycles. The zero-order valence-electron chi connectivity index (χ0n) is 9.24. The summed E-state index contributed by atoms with van der Waals surface area (Å²) >= 11 is 0. The molecular formula is C10H22N2O. The summed E-state index contributed by atoms with van der Waals surface area (Å²) in [6.45, 7) is 6.76. The van der Waals surface area contributed by atoms with Crippen LogP contribution in [-0.4, -0.2) is 25.0 Å². The highest BCUT2D eigenvalue weighted by molar-refractivity contribution is 5.78. The van der Waals surface area contributed by atoms with Crippen LogP contribution in [0.4, 0.5) is 0 Å². The SMILES string of the molecule is CCC(CC)(CC)NC(=O)CNC. The third-order valence-electron chi connectivity index (χ3n) is 2.77. The van der Waals surface area contributed by atoms with Crippen molar-refractivity contribution in [3.8, 4) is 0 Å². The standard InChI is InChI=1S/C10H22N2O/c1-5-10(6-2,7-3)12-9(13)8-11-4/h11H,5-8H2,1-4H3,(H,12,13). The Kier molecular flexibility index (Phi) is 5.71. The van der Waals surface area contributed by atoms with Crippen molar-refractivity contribution in [3.05, 3.63) is 0 Å². The van der Waals surface area contributed by atoms with Crippen LogP contribution in [0.25, 0.3) is 0 Å². The highest BCUT2D eigenvalue weighted by Gasteiger charge is 2.24. The highest BCUT2D eigenvalue weighted by Crippen LogP contribution is 2.18. The second-order valence-electron chi connectivity index (χ2n) is 3.42. The van der Waals surface area contributed by atoms with Crippen molar-refractivity contribution in [1.29, 1.82) is 0 Å². The minimum atomic E-state index is 0.00787. The Balaban J connectivity index is 4.16. The quantitative estimate of drug-likeness (QED) is 0.656. The van der Waals surface area contributed by atoms with E-state index in [2.05, 4.69) is 31.4 Å². The summed E-state index contributed by atoms with van der Waals surface area (Å²) in [5.74, 6) is 0.0908. The first-order valence-corrected chi connectivity index (χ1v) is 5.09. The van der Waals surface area contributed by atoms with E-state index >= 15 is 0 Å². The maximum atomic E-state index is 11.4. The molecule has 0 rings (SSSR count). The fourth-order valence-corrected chi connectivity index (χ4v) is 1.52. The van der Waals surface area contributed by atoms with Crippen molar-refractivity contribution in [3.63, 3.8) is 0 Å². The predicted molar refractivity (Wildman–Crippen MR) is 55.7 cm³/mol. The fourth-order valence-electron chi connectivity index (χ4n) is 1.52. The summed E-state index contributed by atoms with van der Waals surface area (Å²) in [5.41, 5.74) is 0.00787. The lowest BCUT2D eigenvalue weighted by atomic mass is 9.90. The van der Waals surface area contributed by atoms with Crippen molar-refractivity contribution < 1.29 is 4.79 Å². The van der Waals surface area contributed by atoms with Crippen LogP contribution in [0.3, 0.4) is 0 Å². The number of amides is 1. The molecule has 0 aromatic carbocycles. The smallest absolute Gasteiger partial charge is 0.234 e. The topological polar surface area (TPSA) is 41.1 Å². The summed E-state index contributed by atoms with van der Waals surface area (Å²) in [5, 5.41) is 5.93. The Hall–Kier alpha value is -0.570. The normalized spacial score (nSPS) is 11.4. The Labute approximate surface area is 81.3 Å². The van der Waals surface area contributed by atoms with Gasteiger partial charge in [-0.15, -0.1) is 0 Å². The molecule has 3 heteroatoms. The van der Waals surface area contributed by atoms with Gasteiger partial charge < -0.3 is 10.6 Å². The van der Waals surface area contributed by atoms with Gasteiger partial charge in [0.1, 0.15) is 0 Å². The highest BCUT2D eigenvalue weighted by atomic mass is 16.2. The summed E-state index contributed by atoms with van der Waals surface area (Å²) in [4.78, 5) is 11.4. The molecule has 0 saturated heterocycles. The molecule has 0 atom stereocenters. The van der Waals surface area contributed by atoms with Gasteiger partial charge >= 0.3 is 0 Å². The third kappa shape index (κ3) is 3.77. The van der Waals surface area contributed by atoms with E-state index in [1.807, 2.05) is 0 Å². The molecule has 3 nitrogen and oxygen atoms in total. The molecule has 0 aromatic heterocycles. The van der Waals surface area contributed by atoms with E-state index < -0.39 is 0 Å². The van der Waals surface area contributed by atoms with Gasteiger partial charge in [-0.05, 0) is 26.3 Å². The number of likely N-dealkylation sites (N-methyl/N-ethyl adjacent to an activating group) is 1. The molecule has 0 unspecified atom stereocenters. The van der Waals surface area contributed by atoms with E-state index in [0.29, 0.717) is 6.54 Å². The number of rotatable bonds is 6. The monoisotopic (exact) mass is 186 g/mol. The molecule has 0 aromatic rings. The molecule has 0 saturated carbocycles. The fraction of sp³-hybridized carbons (Fsp3) is 0.900. The van der Waals surface area contributed by atoms with E-state index in [1.54, 1.807) is 7.05 Å². The zero-order chi connectivity index (χ0) is 10.3. The van der Waals surface area contributed by atoms with Crippen molar-refractivity contribution >= 4 is 5.91 Å². The van der Waals surface area contributed by atoms with Gasteiger partial charge in [-0.2, -0.15) is 0 Å². The summed E-state index contributed by atoms with van der Waals surface area (Å²) in [7, 11) is 1.78. The van der Waals surface area contributed by atoms with Gasteiger partial charge in [-0.25, -0.2) is 0 Å². The van der Waals surface area contributed by atoms with E-state index in [4.69, 9.17) is 0 Å². The van der Waals surface area contributed by atoms with Crippen LogP contribution < -0.4 is 10.6 Å². The average Bonchev–Trinajstić information content (AvgIpc) is 2.15. The van der Waals surface area contributed by atoms with Gasteiger partial charge in [-0.3, -0.25) is 4.79 Å². The minimum absolute atomic E-state index is 0.00787. The van der Waals surface area contributed by atoms with Crippen LogP contribution in [0, 0.1) is 0 Å². The maximum Gasteiger partial charge on any atom is 0.234 e. The molecule has 0 bridgehead atoms. The molecule has 0 radical (unpaired) electrons. The molecule has 2 N–H and O–H groups in total. The van der Waals surface area contributed by atoms with Crippen LogP contribution in [-0.2, 0) is 4.79 Å². The summed E-state index contributed by atoms with van der Waals surface area (Å²) in [6, 6.07) is 0. The summed E-state index contributed by atoms with van der Waals surface area (Å²) < 4.78 is 0. The van der Waals surface area contributed by atoms with Crippen molar-refractivity contribution in [2.45, 2.75) is 45.6 Å². The first-order chi connectivity index (χ1) is 6.14. The van der Waals surface area contributed by atoms with Crippen LogP contribution >= 0.6 is 0 Å². The predicted octanol–water partition coefficient (Wildman–Crippen LogP) is 1.29. The van der Waals surface area contributed by atoms with Crippen molar-refractivity contribution in [2.24, 2.45) is 0 Å². The second kappa shape index (κ2) is 5.97. The molecule has 0 aliphatic heterocycles. The minimum Gasteiger partial charge on any atom is -0.350 e. The van der Waals surface area contributed by atoms with E-state index in [9.17, 15) is 4.79 Å². The summed E-state index contributed by atoms with van der Waals surface area (Å²) in [6.07, 6.45) is 2.99. The average molecular weight is 186 g/mol. The number of carbonyl (C=O) groups is 1. The van der Waals surface area contributed by atoms with Crippen LogP contribution in [0.15, 0.2) is 0 Å². The number of hydrogen-bond acceptors (Lipinski definition) is 2. The number of carbonyl (C=O) groups excluding carboxylic acids is 1. The van der Waals surface area contributed by atoms with Gasteiger partial charge in [0, 0.05) is 5.54 Å². The number of hydrogen-bond donors (Lipinski definition) is 2. The molecule has 78 valence electrons. The van der Waals surface area contributed by atoms with Crippen LogP contribution in [0.2, 0.25) is 0 Å². The van der Waals surface area contributed by atoms with Gasteiger partial charge in [0.15, 0.2) is 0 Å². The van der Waals surface area contributed by atoms with Gasteiger partial charge in [0.2, 0.25) is 5.91 Å². The molecule has 1 amide bonds. The molecule has 13 heavy (non-hydrogen) atoms. The first kappa shape index (κ1) is 12.4. The van der Waals surface area contributed by atoms with Crippen molar-refractivity contribution in [2.75, 3.05) is 13.6 Å². The van der Waals surface area contributed by atoms with Crippen molar-refractivity contribution in [1.82, 2.24) is 10.6 Å².